The first-order valence-electron chi connectivity index (χ1n) is 13.2. The molecule has 0 radical (unpaired) electrons. The van der Waals surface area contributed by atoms with Gasteiger partial charge >= 0.3 is 0 Å². The number of rotatable bonds is 14. The maximum atomic E-state index is 13.6. The number of sulfonamides is 1. The number of nitrogens with one attached hydrogen (secondary N) is 1. The molecule has 0 aliphatic heterocycles. The molecule has 210 valence electrons. The summed E-state index contributed by atoms with van der Waals surface area (Å²) in [5, 5.41) is 3.01. The van der Waals surface area contributed by atoms with Crippen molar-refractivity contribution < 1.29 is 22.7 Å². The van der Waals surface area contributed by atoms with Crippen LogP contribution in [0.1, 0.15) is 63.1 Å². The van der Waals surface area contributed by atoms with Gasteiger partial charge in [0.2, 0.25) is 21.8 Å². The largest absolute Gasteiger partial charge is 0.497 e. The quantitative estimate of drug-likeness (QED) is 0.375. The minimum absolute atomic E-state index is 0.00391. The zero-order valence-corrected chi connectivity index (χ0v) is 24.6. The van der Waals surface area contributed by atoms with Gasteiger partial charge in [-0.2, -0.15) is 0 Å². The fraction of sp³-hybridized carbons (Fsp3) is 0.517. The van der Waals surface area contributed by atoms with Gasteiger partial charge in [-0.15, -0.1) is 0 Å². The first-order chi connectivity index (χ1) is 17.9. The van der Waals surface area contributed by atoms with Crippen molar-refractivity contribution >= 4 is 27.5 Å². The molecular weight excluding hydrogens is 502 g/mol. The van der Waals surface area contributed by atoms with Crippen LogP contribution in [0.5, 0.6) is 5.75 Å². The highest BCUT2D eigenvalue weighted by Gasteiger charge is 2.29. The Bertz CT molecular complexity index is 1180. The molecular formula is C29H43N3O5S. The Morgan fingerprint density at radius 3 is 2.18 bits per heavy atom. The molecule has 0 aromatic heterocycles. The van der Waals surface area contributed by atoms with Crippen molar-refractivity contribution in [3.05, 3.63) is 59.2 Å². The molecule has 0 spiro atoms. The number of carbonyl (C=O) groups excluding carboxylic acids is 2. The van der Waals surface area contributed by atoms with E-state index in [2.05, 4.69) is 5.32 Å². The van der Waals surface area contributed by atoms with Crippen molar-refractivity contribution in [3.63, 3.8) is 0 Å². The van der Waals surface area contributed by atoms with Gasteiger partial charge in [-0.25, -0.2) is 8.42 Å². The lowest BCUT2D eigenvalue weighted by molar-refractivity contribution is -0.141. The summed E-state index contributed by atoms with van der Waals surface area (Å²) in [4.78, 5) is 28.3. The van der Waals surface area contributed by atoms with Crippen LogP contribution in [0, 0.1) is 13.8 Å². The van der Waals surface area contributed by atoms with Crippen LogP contribution in [0.15, 0.2) is 42.5 Å². The number of benzene rings is 2. The number of anilines is 1. The maximum absolute atomic E-state index is 13.6. The lowest BCUT2D eigenvalue weighted by Gasteiger charge is -2.32. The van der Waals surface area contributed by atoms with Crippen LogP contribution < -0.4 is 14.4 Å². The number of amides is 2. The van der Waals surface area contributed by atoms with E-state index in [1.54, 1.807) is 18.1 Å². The molecule has 9 heteroatoms. The third-order valence-electron chi connectivity index (χ3n) is 6.83. The van der Waals surface area contributed by atoms with Crippen molar-refractivity contribution in [1.82, 2.24) is 10.2 Å². The van der Waals surface area contributed by atoms with Gasteiger partial charge < -0.3 is 15.0 Å². The molecule has 0 bridgehead atoms. The molecule has 0 heterocycles. The number of methoxy groups -OCH3 is 1. The Morgan fingerprint density at radius 1 is 1.00 bits per heavy atom. The number of carbonyl (C=O) groups is 2. The summed E-state index contributed by atoms with van der Waals surface area (Å²) in [6.45, 7) is 10.2. The van der Waals surface area contributed by atoms with E-state index >= 15 is 0 Å². The molecule has 0 saturated heterocycles. The molecule has 0 aliphatic carbocycles. The number of hydrogen-bond acceptors (Lipinski definition) is 5. The fourth-order valence-corrected chi connectivity index (χ4v) is 5.13. The van der Waals surface area contributed by atoms with Crippen LogP contribution in [0.25, 0.3) is 0 Å². The summed E-state index contributed by atoms with van der Waals surface area (Å²) in [6, 6.07) is 12.3. The molecule has 8 nitrogen and oxygen atoms in total. The summed E-state index contributed by atoms with van der Waals surface area (Å²) in [5.74, 6) is 0.331. The predicted octanol–water partition coefficient (Wildman–Crippen LogP) is 4.58. The van der Waals surface area contributed by atoms with Crippen LogP contribution in [0.4, 0.5) is 5.69 Å². The molecule has 2 aromatic carbocycles. The van der Waals surface area contributed by atoms with Gasteiger partial charge in [0.1, 0.15) is 11.8 Å². The first kappa shape index (κ1) is 31.1. The van der Waals surface area contributed by atoms with Crippen LogP contribution in [0.2, 0.25) is 0 Å². The minimum Gasteiger partial charge on any atom is -0.497 e. The highest BCUT2D eigenvalue weighted by molar-refractivity contribution is 7.92. The van der Waals surface area contributed by atoms with E-state index in [4.69, 9.17) is 4.74 Å². The standard InChI is InChI=1S/C29H43N3O5S/c1-8-23(5)30-29(34)27(9-2)31(20-24-13-16-26(37-6)17-14-24)28(33)11-10-18-32(38(7,35)36)25-15-12-21(3)22(4)19-25/h12-17,19,23,27H,8-11,18,20H2,1-7H3,(H,30,34)/t23-,27-/m0/s1. The van der Waals surface area contributed by atoms with E-state index in [1.165, 1.54) is 10.6 Å². The van der Waals surface area contributed by atoms with Gasteiger partial charge in [0.15, 0.2) is 0 Å². The molecule has 2 rings (SSSR count). The maximum Gasteiger partial charge on any atom is 0.243 e. The highest BCUT2D eigenvalue weighted by atomic mass is 32.2. The number of nitrogens with zero attached hydrogens (tertiary/aromatic N) is 2. The topological polar surface area (TPSA) is 96.0 Å². The normalized spacial score (nSPS) is 12.9. The van der Waals surface area contributed by atoms with Crippen molar-refractivity contribution in [3.8, 4) is 5.75 Å². The molecule has 0 saturated carbocycles. The zero-order valence-electron chi connectivity index (χ0n) is 23.8. The van der Waals surface area contributed by atoms with Crippen molar-refractivity contribution in [1.29, 1.82) is 0 Å². The van der Waals surface area contributed by atoms with E-state index < -0.39 is 16.1 Å². The lowest BCUT2D eigenvalue weighted by atomic mass is 10.1. The van der Waals surface area contributed by atoms with Gasteiger partial charge in [-0.1, -0.05) is 32.0 Å². The summed E-state index contributed by atoms with van der Waals surface area (Å²) >= 11 is 0. The van der Waals surface area contributed by atoms with Gasteiger partial charge in [-0.05, 0) is 81.0 Å². The second kappa shape index (κ2) is 14.2. The monoisotopic (exact) mass is 545 g/mol. The minimum atomic E-state index is -3.54. The molecule has 0 aliphatic rings. The number of ether oxygens (including phenoxy) is 1. The van der Waals surface area contributed by atoms with E-state index in [0.29, 0.717) is 24.3 Å². The fourth-order valence-electron chi connectivity index (χ4n) is 4.17. The van der Waals surface area contributed by atoms with Crippen molar-refractivity contribution in [2.45, 2.75) is 78.9 Å². The Balaban J connectivity index is 2.24. The summed E-state index contributed by atoms with van der Waals surface area (Å²) in [5.41, 5.74) is 3.53. The predicted molar refractivity (Wildman–Crippen MR) is 153 cm³/mol. The summed E-state index contributed by atoms with van der Waals surface area (Å²) < 4.78 is 31.7. The molecule has 0 unspecified atom stereocenters. The third kappa shape index (κ3) is 8.75. The number of hydrogen-bond donors (Lipinski definition) is 1. The molecule has 38 heavy (non-hydrogen) atoms. The Labute approximate surface area is 228 Å². The van der Waals surface area contributed by atoms with Gasteiger partial charge in [-0.3, -0.25) is 13.9 Å². The van der Waals surface area contributed by atoms with E-state index in [-0.39, 0.29) is 37.4 Å². The SMILES string of the molecule is CC[C@H](C)NC(=O)[C@H](CC)N(Cc1ccc(OC)cc1)C(=O)CCCN(c1ccc(C)c(C)c1)S(C)(=O)=O. The van der Waals surface area contributed by atoms with Gasteiger partial charge in [0.25, 0.3) is 0 Å². The van der Waals surface area contributed by atoms with Crippen molar-refractivity contribution in [2.75, 3.05) is 24.2 Å². The van der Waals surface area contributed by atoms with E-state index in [9.17, 15) is 18.0 Å². The number of aryl methyl sites for hydroxylation is 2. The third-order valence-corrected chi connectivity index (χ3v) is 8.02. The van der Waals surface area contributed by atoms with Crippen LogP contribution in [0.3, 0.4) is 0 Å². The average Bonchev–Trinajstić information content (AvgIpc) is 2.87. The van der Waals surface area contributed by atoms with Crippen LogP contribution in [-0.2, 0) is 26.2 Å². The molecule has 1 N–H and O–H groups in total. The van der Waals surface area contributed by atoms with E-state index in [0.717, 1.165) is 23.1 Å². The Morgan fingerprint density at radius 2 is 1.66 bits per heavy atom. The van der Waals surface area contributed by atoms with Crippen LogP contribution in [-0.4, -0.2) is 57.1 Å². The summed E-state index contributed by atoms with van der Waals surface area (Å²) in [6.07, 6.45) is 2.85. The molecule has 0 fully saturated rings. The summed E-state index contributed by atoms with van der Waals surface area (Å²) in [7, 11) is -1.95. The van der Waals surface area contributed by atoms with E-state index in [1.807, 2.05) is 71.0 Å². The van der Waals surface area contributed by atoms with Crippen LogP contribution >= 0.6 is 0 Å². The second-order valence-electron chi connectivity index (χ2n) is 9.82. The average molecular weight is 546 g/mol. The Hall–Kier alpha value is -3.07. The zero-order chi connectivity index (χ0) is 28.5. The lowest BCUT2D eigenvalue weighted by Crippen LogP contribution is -2.50. The first-order valence-corrected chi connectivity index (χ1v) is 15.0. The van der Waals surface area contributed by atoms with Crippen molar-refractivity contribution in [2.24, 2.45) is 0 Å². The molecule has 2 aromatic rings. The Kier molecular flexibility index (Phi) is 11.6. The smallest absolute Gasteiger partial charge is 0.243 e. The second-order valence-corrected chi connectivity index (χ2v) is 11.7. The molecule has 2 amide bonds. The molecule has 2 atom stereocenters. The van der Waals surface area contributed by atoms with Gasteiger partial charge in [0, 0.05) is 25.6 Å². The highest BCUT2D eigenvalue weighted by Crippen LogP contribution is 2.23. The van der Waals surface area contributed by atoms with Gasteiger partial charge in [0.05, 0.1) is 19.1 Å².